The van der Waals surface area contributed by atoms with Crippen LogP contribution in [0.3, 0.4) is 0 Å². The lowest BCUT2D eigenvalue weighted by Crippen LogP contribution is -1.87. The van der Waals surface area contributed by atoms with Crippen molar-refractivity contribution in [2.24, 2.45) is 4.99 Å². The van der Waals surface area contributed by atoms with Crippen molar-refractivity contribution in [3.63, 3.8) is 0 Å². The maximum atomic E-state index is 6.82. The molecule has 0 aromatic heterocycles. The molecular formula is C9H10N2S. The minimum absolute atomic E-state index is 0.794. The Morgan fingerprint density at radius 3 is 2.83 bits per heavy atom. The fourth-order valence-electron chi connectivity index (χ4n) is 0.797. The highest BCUT2D eigenvalue weighted by molar-refractivity contribution is 8.18. The Bertz CT molecular complexity index is 310. The number of hydrogen-bond acceptors (Lipinski definition) is 2. The van der Waals surface area contributed by atoms with Crippen LogP contribution in [0.5, 0.6) is 0 Å². The third-order valence-corrected chi connectivity index (χ3v) is 2.64. The Balaban J connectivity index is 2.87. The minimum Gasteiger partial charge on any atom is -0.289 e. The molecule has 0 saturated carbocycles. The Morgan fingerprint density at radius 1 is 1.75 bits per heavy atom. The molecule has 2 nitrogen and oxygen atoms in total. The summed E-state index contributed by atoms with van der Waals surface area (Å²) in [4.78, 5) is 4.95. The van der Waals surface area contributed by atoms with Crippen LogP contribution in [0.1, 0.15) is 6.92 Å². The standard InChI is InChI=1S/C9H10N2S/c1-6(2)8-4-7(3)9(12-8)11-5-10/h4-5,10H,1,3H2,2H3. The first-order chi connectivity index (χ1) is 5.65. The summed E-state index contributed by atoms with van der Waals surface area (Å²) in [5.74, 6) is 0. The van der Waals surface area contributed by atoms with Crippen LogP contribution >= 0.6 is 11.8 Å². The summed E-state index contributed by atoms with van der Waals surface area (Å²) in [6.07, 6.45) is 2.97. The van der Waals surface area contributed by atoms with Crippen LogP contribution in [0.25, 0.3) is 0 Å². The lowest BCUT2D eigenvalue weighted by atomic mass is 10.2. The Labute approximate surface area is 76.3 Å². The van der Waals surface area contributed by atoms with Gasteiger partial charge in [-0.3, -0.25) is 5.41 Å². The van der Waals surface area contributed by atoms with Crippen LogP contribution < -0.4 is 0 Å². The normalized spacial score (nSPS) is 19.6. The molecule has 0 radical (unpaired) electrons. The summed E-state index contributed by atoms with van der Waals surface area (Å²) < 4.78 is 0. The number of nitrogens with zero attached hydrogens (tertiary/aromatic N) is 1. The summed E-state index contributed by atoms with van der Waals surface area (Å²) in [6, 6.07) is 0. The Hall–Kier alpha value is -1.09. The molecule has 1 heterocycles. The second-order valence-electron chi connectivity index (χ2n) is 2.48. The maximum Gasteiger partial charge on any atom is 0.109 e. The summed E-state index contributed by atoms with van der Waals surface area (Å²) in [6.45, 7) is 9.58. The summed E-state index contributed by atoms with van der Waals surface area (Å²) in [7, 11) is 0. The van der Waals surface area contributed by atoms with Gasteiger partial charge in [0.2, 0.25) is 0 Å². The lowest BCUT2D eigenvalue weighted by Gasteiger charge is -1.96. The van der Waals surface area contributed by atoms with E-state index in [0.717, 1.165) is 27.4 Å². The van der Waals surface area contributed by atoms with Gasteiger partial charge in [-0.25, -0.2) is 4.99 Å². The van der Waals surface area contributed by atoms with Crippen molar-refractivity contribution >= 4 is 23.1 Å². The molecule has 1 aliphatic heterocycles. The van der Waals surface area contributed by atoms with Gasteiger partial charge in [0, 0.05) is 10.5 Å². The van der Waals surface area contributed by atoms with Gasteiger partial charge in [0.05, 0.1) is 0 Å². The summed E-state index contributed by atoms with van der Waals surface area (Å²) in [5.41, 5.74) is 1.87. The highest BCUT2D eigenvalue weighted by Gasteiger charge is 2.15. The first-order valence-electron chi connectivity index (χ1n) is 3.46. The number of allylic oxidation sites excluding steroid dienone is 2. The molecule has 0 spiro atoms. The van der Waals surface area contributed by atoms with E-state index in [4.69, 9.17) is 5.41 Å². The zero-order valence-corrected chi connectivity index (χ0v) is 7.74. The van der Waals surface area contributed by atoms with Crippen molar-refractivity contribution in [1.82, 2.24) is 0 Å². The number of nitrogens with one attached hydrogen (secondary N) is 1. The van der Waals surface area contributed by atoms with Crippen LogP contribution in [0.2, 0.25) is 0 Å². The Morgan fingerprint density at radius 2 is 2.42 bits per heavy atom. The summed E-state index contributed by atoms with van der Waals surface area (Å²) in [5, 5.41) is 7.61. The van der Waals surface area contributed by atoms with Crippen LogP contribution in [0, 0.1) is 5.41 Å². The molecule has 0 amide bonds. The molecule has 1 rings (SSSR count). The molecule has 3 heteroatoms. The SMILES string of the molecule is C=C(C)C1=CC(=C)C(=NC=N)S1. The van der Waals surface area contributed by atoms with E-state index in [9.17, 15) is 0 Å². The van der Waals surface area contributed by atoms with Gasteiger partial charge in [0.1, 0.15) is 11.4 Å². The predicted molar refractivity (Wildman–Crippen MR) is 55.8 cm³/mol. The monoisotopic (exact) mass is 178 g/mol. The number of hydrogen-bond donors (Lipinski definition) is 1. The lowest BCUT2D eigenvalue weighted by molar-refractivity contribution is 1.52. The van der Waals surface area contributed by atoms with Gasteiger partial charge < -0.3 is 0 Å². The van der Waals surface area contributed by atoms with Crippen LogP contribution in [0.4, 0.5) is 0 Å². The molecule has 62 valence electrons. The van der Waals surface area contributed by atoms with Gasteiger partial charge in [0.25, 0.3) is 0 Å². The average molecular weight is 178 g/mol. The molecule has 1 aliphatic rings. The fraction of sp³-hybridized carbons (Fsp3) is 0.111. The maximum absolute atomic E-state index is 6.82. The predicted octanol–water partition coefficient (Wildman–Crippen LogP) is 2.75. The topological polar surface area (TPSA) is 36.2 Å². The van der Waals surface area contributed by atoms with Crippen molar-refractivity contribution in [3.05, 3.63) is 35.3 Å². The van der Waals surface area contributed by atoms with E-state index >= 15 is 0 Å². The molecule has 0 atom stereocenters. The molecule has 0 bridgehead atoms. The summed E-state index contributed by atoms with van der Waals surface area (Å²) >= 11 is 1.51. The largest absolute Gasteiger partial charge is 0.289 e. The molecular weight excluding hydrogens is 168 g/mol. The van der Waals surface area contributed by atoms with E-state index in [2.05, 4.69) is 18.2 Å². The van der Waals surface area contributed by atoms with Gasteiger partial charge in [-0.1, -0.05) is 24.9 Å². The fourth-order valence-corrected chi connectivity index (χ4v) is 1.68. The number of rotatable bonds is 2. The van der Waals surface area contributed by atoms with Crippen molar-refractivity contribution in [2.45, 2.75) is 6.92 Å². The van der Waals surface area contributed by atoms with Crippen LogP contribution in [-0.2, 0) is 0 Å². The smallest absolute Gasteiger partial charge is 0.109 e. The molecule has 0 saturated heterocycles. The second-order valence-corrected chi connectivity index (χ2v) is 3.51. The van der Waals surface area contributed by atoms with Crippen molar-refractivity contribution in [2.75, 3.05) is 0 Å². The van der Waals surface area contributed by atoms with Crippen LogP contribution in [-0.4, -0.2) is 11.4 Å². The Kier molecular flexibility index (Phi) is 2.65. The van der Waals surface area contributed by atoms with Gasteiger partial charge in [-0.15, -0.1) is 0 Å². The van der Waals surface area contributed by atoms with Gasteiger partial charge >= 0.3 is 0 Å². The molecule has 0 unspecified atom stereocenters. The van der Waals surface area contributed by atoms with Crippen molar-refractivity contribution in [1.29, 1.82) is 5.41 Å². The van der Waals surface area contributed by atoms with Crippen LogP contribution in [0.15, 0.2) is 40.3 Å². The van der Waals surface area contributed by atoms with Gasteiger partial charge in [-0.05, 0) is 18.6 Å². The first kappa shape index (κ1) is 9.00. The van der Waals surface area contributed by atoms with E-state index < -0.39 is 0 Å². The average Bonchev–Trinajstić information content (AvgIpc) is 2.34. The number of thioether (sulfide) groups is 1. The third kappa shape index (κ3) is 1.74. The zero-order chi connectivity index (χ0) is 9.14. The van der Waals surface area contributed by atoms with E-state index in [0.29, 0.717) is 0 Å². The number of aliphatic imine (C=N–C) groups is 1. The van der Waals surface area contributed by atoms with Crippen molar-refractivity contribution in [3.8, 4) is 0 Å². The highest BCUT2D eigenvalue weighted by Crippen LogP contribution is 2.34. The third-order valence-electron chi connectivity index (χ3n) is 1.39. The molecule has 1 N–H and O–H groups in total. The highest BCUT2D eigenvalue weighted by atomic mass is 32.2. The van der Waals surface area contributed by atoms with E-state index in [1.165, 1.54) is 11.8 Å². The quantitative estimate of drug-likeness (QED) is 0.512. The van der Waals surface area contributed by atoms with E-state index in [1.54, 1.807) is 0 Å². The van der Waals surface area contributed by atoms with E-state index in [1.807, 2.05) is 13.0 Å². The van der Waals surface area contributed by atoms with Crippen molar-refractivity contribution < 1.29 is 0 Å². The second kappa shape index (κ2) is 3.54. The van der Waals surface area contributed by atoms with E-state index in [-0.39, 0.29) is 0 Å². The van der Waals surface area contributed by atoms with Gasteiger partial charge in [-0.2, -0.15) is 0 Å². The minimum atomic E-state index is 0.794. The molecule has 0 aromatic carbocycles. The first-order valence-corrected chi connectivity index (χ1v) is 4.28. The molecule has 0 aliphatic carbocycles. The molecule has 0 aromatic rings. The zero-order valence-electron chi connectivity index (χ0n) is 6.92. The molecule has 12 heavy (non-hydrogen) atoms. The molecule has 0 fully saturated rings. The van der Waals surface area contributed by atoms with Gasteiger partial charge in [0.15, 0.2) is 0 Å².